The lowest BCUT2D eigenvalue weighted by Crippen LogP contribution is -2.31. The lowest BCUT2D eigenvalue weighted by molar-refractivity contribution is 0.0723. The van der Waals surface area contributed by atoms with E-state index < -0.39 is 0 Å². The average Bonchev–Trinajstić information content (AvgIpc) is 3.33. The molecule has 7 nitrogen and oxygen atoms in total. The molecular weight excluding hydrogens is 354 g/mol. The van der Waals surface area contributed by atoms with Crippen LogP contribution in [0.15, 0.2) is 30.3 Å². The quantitative estimate of drug-likeness (QED) is 0.683. The molecule has 0 fully saturated rings. The van der Waals surface area contributed by atoms with E-state index in [-0.39, 0.29) is 5.91 Å². The van der Waals surface area contributed by atoms with Gasteiger partial charge in [0.1, 0.15) is 5.75 Å². The maximum absolute atomic E-state index is 13.4. The van der Waals surface area contributed by atoms with Crippen LogP contribution in [0.3, 0.4) is 0 Å². The highest BCUT2D eigenvalue weighted by atomic mass is 16.5. The van der Waals surface area contributed by atoms with Gasteiger partial charge >= 0.3 is 0 Å². The number of nitrogens with zero attached hydrogens (tertiary/aromatic N) is 5. The third-order valence-electron chi connectivity index (χ3n) is 5.19. The van der Waals surface area contributed by atoms with Crippen molar-refractivity contribution in [1.29, 1.82) is 0 Å². The van der Waals surface area contributed by atoms with Crippen LogP contribution in [0, 0.1) is 13.8 Å². The highest BCUT2D eigenvalue weighted by molar-refractivity contribution is 5.94. The van der Waals surface area contributed by atoms with Gasteiger partial charge in [0.2, 0.25) is 0 Å². The second kappa shape index (κ2) is 7.14. The number of amides is 1. The summed E-state index contributed by atoms with van der Waals surface area (Å²) in [5.41, 5.74) is 5.63. The molecule has 0 radical (unpaired) electrons. The highest BCUT2D eigenvalue weighted by Crippen LogP contribution is 2.27. The van der Waals surface area contributed by atoms with Crippen LogP contribution in [0.2, 0.25) is 0 Å². The fourth-order valence-electron chi connectivity index (χ4n) is 3.62. The van der Waals surface area contributed by atoms with E-state index in [4.69, 9.17) is 4.74 Å². The molecule has 1 amide bonds. The topological polar surface area (TPSA) is 65.2 Å². The zero-order valence-electron chi connectivity index (χ0n) is 16.8. The summed E-state index contributed by atoms with van der Waals surface area (Å²) in [5.74, 6) is 0.863. The Morgan fingerprint density at radius 3 is 2.61 bits per heavy atom. The number of hydrogen-bond donors (Lipinski definition) is 0. The predicted octanol–water partition coefficient (Wildman–Crippen LogP) is 2.55. The number of benzene rings is 1. The molecule has 0 saturated heterocycles. The summed E-state index contributed by atoms with van der Waals surface area (Å²) in [5, 5.41) is 8.94. The third kappa shape index (κ3) is 3.52. The first-order valence-electron chi connectivity index (χ1n) is 9.45. The Morgan fingerprint density at radius 1 is 1.11 bits per heavy atom. The van der Waals surface area contributed by atoms with Gasteiger partial charge in [-0.1, -0.05) is 0 Å². The molecule has 1 aliphatic rings. The van der Waals surface area contributed by atoms with Crippen LogP contribution in [0.5, 0.6) is 5.75 Å². The van der Waals surface area contributed by atoms with Gasteiger partial charge in [-0.2, -0.15) is 10.2 Å². The van der Waals surface area contributed by atoms with Crippen molar-refractivity contribution in [1.82, 2.24) is 24.5 Å². The molecule has 0 unspecified atom stereocenters. The van der Waals surface area contributed by atoms with Crippen molar-refractivity contribution in [3.8, 4) is 5.75 Å². The number of rotatable bonds is 5. The summed E-state index contributed by atoms with van der Waals surface area (Å²) in [6, 6.07) is 9.73. The fraction of sp³-hybridized carbons (Fsp3) is 0.381. The van der Waals surface area contributed by atoms with Crippen LogP contribution < -0.4 is 4.74 Å². The van der Waals surface area contributed by atoms with E-state index >= 15 is 0 Å². The van der Waals surface area contributed by atoms with E-state index in [0.29, 0.717) is 25.3 Å². The molecule has 28 heavy (non-hydrogen) atoms. The maximum atomic E-state index is 13.4. The first-order chi connectivity index (χ1) is 13.4. The molecule has 1 aliphatic heterocycles. The maximum Gasteiger partial charge on any atom is 0.254 e. The van der Waals surface area contributed by atoms with Gasteiger partial charge < -0.3 is 9.64 Å². The Morgan fingerprint density at radius 2 is 1.93 bits per heavy atom. The molecule has 0 bridgehead atoms. The molecule has 4 rings (SSSR count). The van der Waals surface area contributed by atoms with Gasteiger partial charge in [-0.15, -0.1) is 0 Å². The zero-order valence-corrected chi connectivity index (χ0v) is 16.8. The second-order valence-electron chi connectivity index (χ2n) is 7.38. The monoisotopic (exact) mass is 379 g/mol. The smallest absolute Gasteiger partial charge is 0.254 e. The van der Waals surface area contributed by atoms with Crippen molar-refractivity contribution in [2.75, 3.05) is 6.61 Å². The molecule has 0 saturated carbocycles. The summed E-state index contributed by atoms with van der Waals surface area (Å²) in [6.07, 6.45) is 0.844. The van der Waals surface area contributed by atoms with Gasteiger partial charge in [0.05, 0.1) is 36.8 Å². The van der Waals surface area contributed by atoms with Gasteiger partial charge in [0, 0.05) is 31.8 Å². The molecule has 2 aromatic heterocycles. The number of fused-ring (bicyclic) bond motifs is 1. The Balaban J connectivity index is 1.64. The summed E-state index contributed by atoms with van der Waals surface area (Å²) in [4.78, 5) is 15.2. The van der Waals surface area contributed by atoms with Gasteiger partial charge in [0.15, 0.2) is 0 Å². The normalized spacial score (nSPS) is 12.7. The van der Waals surface area contributed by atoms with E-state index in [2.05, 4.69) is 10.2 Å². The van der Waals surface area contributed by atoms with Crippen LogP contribution >= 0.6 is 0 Å². The SMILES string of the molecule is Cc1cc(CN(Cc2cc(C)n(C)n2)C(=O)c2ccc3c(c2)CCO3)n(C)n1. The van der Waals surface area contributed by atoms with Crippen molar-refractivity contribution >= 4 is 5.91 Å². The predicted molar refractivity (Wildman–Crippen MR) is 105 cm³/mol. The van der Waals surface area contributed by atoms with Gasteiger partial charge in [-0.3, -0.25) is 14.2 Å². The molecule has 0 atom stereocenters. The lowest BCUT2D eigenvalue weighted by atomic mass is 10.1. The summed E-state index contributed by atoms with van der Waals surface area (Å²) < 4.78 is 9.23. The van der Waals surface area contributed by atoms with Crippen LogP contribution in [-0.2, 0) is 33.6 Å². The summed E-state index contributed by atoms with van der Waals surface area (Å²) in [7, 11) is 3.82. The van der Waals surface area contributed by atoms with E-state index in [1.807, 2.05) is 72.5 Å². The molecule has 146 valence electrons. The molecule has 7 heteroatoms. The Bertz CT molecular complexity index is 1010. The standard InChI is InChI=1S/C21H25N5O2/c1-14-9-19(25(4)22-14)13-26(12-18-10-15(2)24(3)23-18)21(27)17-5-6-20-16(11-17)7-8-28-20/h5-6,9-11H,7-8,12-13H2,1-4H3. The lowest BCUT2D eigenvalue weighted by Gasteiger charge is -2.22. The zero-order chi connectivity index (χ0) is 19.8. The minimum atomic E-state index is -0.0168. The number of carbonyl (C=O) groups excluding carboxylic acids is 1. The van der Waals surface area contributed by atoms with E-state index in [1.54, 1.807) is 0 Å². The van der Waals surface area contributed by atoms with Crippen LogP contribution in [0.1, 0.15) is 38.7 Å². The minimum absolute atomic E-state index is 0.0168. The highest BCUT2D eigenvalue weighted by Gasteiger charge is 2.22. The van der Waals surface area contributed by atoms with Crippen molar-refractivity contribution in [3.05, 3.63) is 64.2 Å². The number of carbonyl (C=O) groups is 1. The van der Waals surface area contributed by atoms with Gasteiger partial charge in [-0.25, -0.2) is 0 Å². The first kappa shape index (κ1) is 18.3. The number of ether oxygens (including phenoxy) is 1. The summed E-state index contributed by atoms with van der Waals surface area (Å²) >= 11 is 0. The molecule has 1 aromatic carbocycles. The Labute approximate surface area is 164 Å². The number of aryl methyl sites for hydroxylation is 4. The van der Waals surface area contributed by atoms with E-state index in [0.717, 1.165) is 40.5 Å². The molecule has 3 aromatic rings. The van der Waals surface area contributed by atoms with Crippen LogP contribution in [0.4, 0.5) is 0 Å². The fourth-order valence-corrected chi connectivity index (χ4v) is 3.62. The molecule has 0 spiro atoms. The number of hydrogen-bond acceptors (Lipinski definition) is 4. The number of aromatic nitrogens is 4. The van der Waals surface area contributed by atoms with Gasteiger partial charge in [-0.05, 0) is 49.7 Å². The largest absolute Gasteiger partial charge is 0.493 e. The van der Waals surface area contributed by atoms with E-state index in [1.165, 1.54) is 0 Å². The van der Waals surface area contributed by atoms with Crippen LogP contribution in [-0.4, -0.2) is 37.0 Å². The minimum Gasteiger partial charge on any atom is -0.493 e. The van der Waals surface area contributed by atoms with Crippen molar-refractivity contribution < 1.29 is 9.53 Å². The van der Waals surface area contributed by atoms with Crippen LogP contribution in [0.25, 0.3) is 0 Å². The molecule has 0 aliphatic carbocycles. The van der Waals surface area contributed by atoms with Crippen molar-refractivity contribution in [3.63, 3.8) is 0 Å². The third-order valence-corrected chi connectivity index (χ3v) is 5.19. The van der Waals surface area contributed by atoms with E-state index in [9.17, 15) is 4.79 Å². The molecule has 0 N–H and O–H groups in total. The van der Waals surface area contributed by atoms with Crippen molar-refractivity contribution in [2.24, 2.45) is 14.1 Å². The average molecular weight is 379 g/mol. The second-order valence-corrected chi connectivity index (χ2v) is 7.38. The molecular formula is C21H25N5O2. The summed E-state index contributed by atoms with van der Waals surface area (Å²) in [6.45, 7) is 5.56. The first-order valence-corrected chi connectivity index (χ1v) is 9.45. The Hall–Kier alpha value is -3.09. The van der Waals surface area contributed by atoms with Crippen molar-refractivity contribution in [2.45, 2.75) is 33.4 Å². The van der Waals surface area contributed by atoms with Gasteiger partial charge in [0.25, 0.3) is 5.91 Å². The Kier molecular flexibility index (Phi) is 4.66. The molecule has 3 heterocycles.